The van der Waals surface area contributed by atoms with Crippen molar-refractivity contribution in [3.05, 3.63) is 94.8 Å². The number of phenols is 1. The summed E-state index contributed by atoms with van der Waals surface area (Å²) in [4.78, 5) is 26.8. The number of Topliss-reactive ketones (excluding diaryl/α,β-unsaturated/α-hetero) is 1. The molecule has 1 atom stereocenters. The maximum Gasteiger partial charge on any atom is 0.300 e. The first-order chi connectivity index (χ1) is 15.7. The molecule has 168 valence electrons. The normalized spacial score (nSPS) is 17.5. The number of benzene rings is 3. The van der Waals surface area contributed by atoms with Crippen LogP contribution in [0.25, 0.3) is 5.76 Å². The number of hydrogen-bond donors (Lipinski definition) is 2. The number of aliphatic hydroxyl groups is 1. The molecular formula is C24H16F3NO5. The third kappa shape index (κ3) is 3.78. The first-order valence-electron chi connectivity index (χ1n) is 9.61. The second-order valence-corrected chi connectivity index (χ2v) is 7.20. The van der Waals surface area contributed by atoms with Crippen LogP contribution in [0, 0.1) is 17.5 Å². The predicted octanol–water partition coefficient (Wildman–Crippen LogP) is 4.44. The molecule has 9 heteroatoms. The molecule has 0 aromatic heterocycles. The molecule has 4 rings (SSSR count). The van der Waals surface area contributed by atoms with Gasteiger partial charge in [-0.1, -0.05) is 12.1 Å². The van der Waals surface area contributed by atoms with Gasteiger partial charge in [0, 0.05) is 6.07 Å². The number of hydrogen-bond acceptors (Lipinski definition) is 5. The van der Waals surface area contributed by atoms with Gasteiger partial charge in [-0.25, -0.2) is 13.2 Å². The van der Waals surface area contributed by atoms with Gasteiger partial charge >= 0.3 is 0 Å². The zero-order chi connectivity index (χ0) is 23.9. The topological polar surface area (TPSA) is 87.1 Å². The van der Waals surface area contributed by atoms with Crippen molar-refractivity contribution >= 4 is 23.1 Å². The SMILES string of the molecule is COc1ccc(F)cc1/C(O)=C1\C(=O)C(=O)N(c2ccc(F)cc2F)C1c1ccc(O)cc1. The number of methoxy groups -OCH3 is 1. The van der Waals surface area contributed by atoms with Crippen molar-refractivity contribution in [3.8, 4) is 11.5 Å². The number of ether oxygens (including phenoxy) is 1. The highest BCUT2D eigenvalue weighted by Crippen LogP contribution is 2.44. The Morgan fingerprint density at radius 3 is 2.21 bits per heavy atom. The number of phenolic OH excluding ortho intramolecular Hbond substituents is 1. The van der Waals surface area contributed by atoms with Crippen LogP contribution in [-0.2, 0) is 9.59 Å². The zero-order valence-corrected chi connectivity index (χ0v) is 17.1. The number of aliphatic hydroxyl groups excluding tert-OH is 1. The zero-order valence-electron chi connectivity index (χ0n) is 17.1. The number of carbonyl (C=O) groups excluding carboxylic acids is 2. The Morgan fingerprint density at radius 2 is 1.58 bits per heavy atom. The molecule has 1 amide bonds. The summed E-state index contributed by atoms with van der Waals surface area (Å²) in [6.45, 7) is 0. The average Bonchev–Trinajstić information content (AvgIpc) is 3.04. The van der Waals surface area contributed by atoms with E-state index in [1.165, 1.54) is 37.4 Å². The van der Waals surface area contributed by atoms with Gasteiger partial charge in [0.15, 0.2) is 0 Å². The second-order valence-electron chi connectivity index (χ2n) is 7.20. The summed E-state index contributed by atoms with van der Waals surface area (Å²) in [5.41, 5.74) is -0.827. The lowest BCUT2D eigenvalue weighted by Gasteiger charge is -2.26. The lowest BCUT2D eigenvalue weighted by Crippen LogP contribution is -2.30. The van der Waals surface area contributed by atoms with Crippen LogP contribution in [0.2, 0.25) is 0 Å². The standard InChI is InChI=1S/C24H16F3NO5/c1-33-19-9-5-13(25)10-16(19)22(30)20-21(12-2-6-15(29)7-3-12)28(24(32)23(20)31)18-8-4-14(26)11-17(18)27/h2-11,21,29-30H,1H3/b22-20+. The smallest absolute Gasteiger partial charge is 0.300 e. The summed E-state index contributed by atoms with van der Waals surface area (Å²) in [5.74, 6) is -5.92. The number of aromatic hydroxyl groups is 1. The van der Waals surface area contributed by atoms with Gasteiger partial charge in [0.05, 0.1) is 30.0 Å². The molecule has 6 nitrogen and oxygen atoms in total. The highest BCUT2D eigenvalue weighted by Gasteiger charge is 2.48. The van der Waals surface area contributed by atoms with Crippen molar-refractivity contribution in [3.63, 3.8) is 0 Å². The highest BCUT2D eigenvalue weighted by molar-refractivity contribution is 6.51. The van der Waals surface area contributed by atoms with E-state index in [1.54, 1.807) is 0 Å². The molecule has 0 spiro atoms. The Balaban J connectivity index is 2.00. The second kappa shape index (κ2) is 8.34. The van der Waals surface area contributed by atoms with E-state index in [1.807, 2.05) is 0 Å². The number of anilines is 1. The maximum atomic E-state index is 14.6. The van der Waals surface area contributed by atoms with Gasteiger partial charge in [-0.2, -0.15) is 0 Å². The van der Waals surface area contributed by atoms with Crippen molar-refractivity contribution in [2.24, 2.45) is 0 Å². The summed E-state index contributed by atoms with van der Waals surface area (Å²) in [6, 6.07) is 9.64. The minimum Gasteiger partial charge on any atom is -0.508 e. The molecule has 1 saturated heterocycles. The van der Waals surface area contributed by atoms with Gasteiger partial charge in [-0.3, -0.25) is 14.5 Å². The summed E-state index contributed by atoms with van der Waals surface area (Å²) in [5, 5.41) is 20.7. The number of carbonyl (C=O) groups is 2. The molecular weight excluding hydrogens is 439 g/mol. The molecule has 2 N–H and O–H groups in total. The van der Waals surface area contributed by atoms with Crippen LogP contribution in [0.1, 0.15) is 17.2 Å². The van der Waals surface area contributed by atoms with Gasteiger partial charge in [-0.15, -0.1) is 0 Å². The molecule has 0 radical (unpaired) electrons. The number of ketones is 1. The lowest BCUT2D eigenvalue weighted by molar-refractivity contribution is -0.132. The monoisotopic (exact) mass is 455 g/mol. The molecule has 3 aromatic carbocycles. The van der Waals surface area contributed by atoms with Crippen LogP contribution in [0.15, 0.2) is 66.2 Å². The summed E-state index contributed by atoms with van der Waals surface area (Å²) in [6.07, 6.45) is 0. The largest absolute Gasteiger partial charge is 0.508 e. The molecule has 0 saturated carbocycles. The number of rotatable bonds is 4. The molecule has 0 bridgehead atoms. The van der Waals surface area contributed by atoms with Gasteiger partial charge in [-0.05, 0) is 48.0 Å². The molecule has 0 aliphatic carbocycles. The van der Waals surface area contributed by atoms with E-state index in [0.29, 0.717) is 6.07 Å². The van der Waals surface area contributed by atoms with Crippen LogP contribution in [-0.4, -0.2) is 29.0 Å². The number of nitrogens with zero attached hydrogens (tertiary/aromatic N) is 1. The lowest BCUT2D eigenvalue weighted by atomic mass is 9.94. The van der Waals surface area contributed by atoms with E-state index >= 15 is 0 Å². The Morgan fingerprint density at radius 1 is 0.939 bits per heavy atom. The Hall–Kier alpha value is -4.27. The molecule has 1 unspecified atom stereocenters. The molecule has 33 heavy (non-hydrogen) atoms. The Labute approximate surface area is 185 Å². The maximum absolute atomic E-state index is 14.6. The van der Waals surface area contributed by atoms with Crippen molar-refractivity contribution in [2.75, 3.05) is 12.0 Å². The van der Waals surface area contributed by atoms with Gasteiger partial charge < -0.3 is 14.9 Å². The van der Waals surface area contributed by atoms with E-state index in [0.717, 1.165) is 29.2 Å². The molecule has 3 aromatic rings. The molecule has 1 aliphatic heterocycles. The van der Waals surface area contributed by atoms with Crippen molar-refractivity contribution in [1.82, 2.24) is 0 Å². The van der Waals surface area contributed by atoms with E-state index in [2.05, 4.69) is 0 Å². The van der Waals surface area contributed by atoms with E-state index in [4.69, 9.17) is 4.74 Å². The quantitative estimate of drug-likeness (QED) is 0.345. The molecule has 1 aliphatic rings. The van der Waals surface area contributed by atoms with Crippen molar-refractivity contribution in [1.29, 1.82) is 0 Å². The first-order valence-corrected chi connectivity index (χ1v) is 9.61. The fourth-order valence-corrected chi connectivity index (χ4v) is 3.74. The van der Waals surface area contributed by atoms with Crippen molar-refractivity contribution in [2.45, 2.75) is 6.04 Å². The first kappa shape index (κ1) is 21.9. The Bertz CT molecular complexity index is 1300. The van der Waals surface area contributed by atoms with Gasteiger partial charge in [0.1, 0.15) is 34.7 Å². The van der Waals surface area contributed by atoms with Crippen LogP contribution in [0.5, 0.6) is 11.5 Å². The average molecular weight is 455 g/mol. The minimum atomic E-state index is -1.36. The third-order valence-corrected chi connectivity index (χ3v) is 5.24. The van der Waals surface area contributed by atoms with E-state index in [-0.39, 0.29) is 22.6 Å². The van der Waals surface area contributed by atoms with E-state index in [9.17, 15) is 33.0 Å². The Kier molecular flexibility index (Phi) is 5.55. The van der Waals surface area contributed by atoms with Gasteiger partial charge in [0.25, 0.3) is 11.7 Å². The predicted molar refractivity (Wildman–Crippen MR) is 112 cm³/mol. The minimum absolute atomic E-state index is 0.0255. The molecule has 1 fully saturated rings. The third-order valence-electron chi connectivity index (χ3n) is 5.24. The van der Waals surface area contributed by atoms with E-state index < -0.39 is 52.2 Å². The van der Waals surface area contributed by atoms with Crippen LogP contribution in [0.4, 0.5) is 18.9 Å². The van der Waals surface area contributed by atoms with Crippen molar-refractivity contribution < 1.29 is 37.7 Å². The summed E-state index contributed by atoms with van der Waals surface area (Å²) >= 11 is 0. The molecule has 1 heterocycles. The van der Waals surface area contributed by atoms with Crippen LogP contribution in [0.3, 0.4) is 0 Å². The van der Waals surface area contributed by atoms with Gasteiger partial charge in [0.2, 0.25) is 0 Å². The number of halogens is 3. The fourth-order valence-electron chi connectivity index (χ4n) is 3.74. The van der Waals surface area contributed by atoms with Crippen LogP contribution >= 0.6 is 0 Å². The highest BCUT2D eigenvalue weighted by atomic mass is 19.1. The fraction of sp³-hybridized carbons (Fsp3) is 0.0833. The summed E-state index contributed by atoms with van der Waals surface area (Å²) < 4.78 is 47.2. The summed E-state index contributed by atoms with van der Waals surface area (Å²) in [7, 11) is 1.27. The number of amides is 1. The van der Waals surface area contributed by atoms with Crippen LogP contribution < -0.4 is 9.64 Å².